The first-order chi connectivity index (χ1) is 8.58. The second-order valence-corrected chi connectivity index (χ2v) is 5.34. The number of anilines is 1. The van der Waals surface area contributed by atoms with Gasteiger partial charge in [-0.05, 0) is 35.3 Å². The Hall–Kier alpha value is -1.14. The summed E-state index contributed by atoms with van der Waals surface area (Å²) in [6, 6.07) is 3.35. The molecule has 1 aliphatic heterocycles. The maximum Gasteiger partial charge on any atom is 0.274 e. The second-order valence-electron chi connectivity index (χ2n) is 4.49. The monoisotopic (exact) mass is 314 g/mol. The standard InChI is InChI=1S/C12H15BrN2O3/c1-8-4-10(13)11(5-12(8)15(16)17)14-6-9-2-3-18-7-9/h4-5,9,14H,2-3,6-7H2,1H3. The van der Waals surface area contributed by atoms with Crippen molar-refractivity contribution in [2.75, 3.05) is 25.1 Å². The zero-order valence-corrected chi connectivity index (χ0v) is 11.7. The molecule has 6 heteroatoms. The Labute approximate surface area is 114 Å². The van der Waals surface area contributed by atoms with Crippen molar-refractivity contribution >= 4 is 27.3 Å². The number of hydrogen-bond donors (Lipinski definition) is 1. The number of benzene rings is 1. The van der Waals surface area contributed by atoms with Gasteiger partial charge in [0.2, 0.25) is 0 Å². The third-order valence-corrected chi connectivity index (χ3v) is 3.74. The quantitative estimate of drug-likeness (QED) is 0.685. The molecule has 0 spiro atoms. The van der Waals surface area contributed by atoms with Gasteiger partial charge in [-0.25, -0.2) is 0 Å². The van der Waals surface area contributed by atoms with Crippen LogP contribution in [0.5, 0.6) is 0 Å². The topological polar surface area (TPSA) is 64.4 Å². The van der Waals surface area contributed by atoms with E-state index in [2.05, 4.69) is 21.2 Å². The third-order valence-electron chi connectivity index (χ3n) is 3.09. The summed E-state index contributed by atoms with van der Waals surface area (Å²) < 4.78 is 6.15. The van der Waals surface area contributed by atoms with Crippen LogP contribution in [-0.2, 0) is 4.74 Å². The number of nitrogens with one attached hydrogen (secondary N) is 1. The third kappa shape index (κ3) is 3.00. The smallest absolute Gasteiger partial charge is 0.274 e. The van der Waals surface area contributed by atoms with Gasteiger partial charge in [0, 0.05) is 35.2 Å². The van der Waals surface area contributed by atoms with Crippen LogP contribution in [0.4, 0.5) is 11.4 Å². The van der Waals surface area contributed by atoms with Crippen molar-refractivity contribution in [2.24, 2.45) is 5.92 Å². The van der Waals surface area contributed by atoms with Crippen molar-refractivity contribution in [3.63, 3.8) is 0 Å². The van der Waals surface area contributed by atoms with Gasteiger partial charge >= 0.3 is 0 Å². The van der Waals surface area contributed by atoms with Gasteiger partial charge in [-0.1, -0.05) is 0 Å². The average molecular weight is 315 g/mol. The normalized spacial score (nSPS) is 18.9. The predicted molar refractivity (Wildman–Crippen MR) is 72.9 cm³/mol. The Bertz CT molecular complexity index is 459. The van der Waals surface area contributed by atoms with Crippen LogP contribution < -0.4 is 5.32 Å². The van der Waals surface area contributed by atoms with Gasteiger partial charge in [0.15, 0.2) is 0 Å². The molecule has 18 heavy (non-hydrogen) atoms. The van der Waals surface area contributed by atoms with E-state index in [1.54, 1.807) is 19.1 Å². The molecule has 2 rings (SSSR count). The summed E-state index contributed by atoms with van der Waals surface area (Å²) >= 11 is 3.42. The number of aryl methyl sites for hydroxylation is 1. The van der Waals surface area contributed by atoms with Gasteiger partial charge in [0.05, 0.1) is 17.2 Å². The van der Waals surface area contributed by atoms with Crippen LogP contribution >= 0.6 is 15.9 Å². The average Bonchev–Trinajstić information content (AvgIpc) is 2.80. The molecule has 1 aromatic carbocycles. The number of rotatable bonds is 4. The molecule has 1 heterocycles. The Morgan fingerprint density at radius 3 is 3.00 bits per heavy atom. The number of ether oxygens (including phenoxy) is 1. The van der Waals surface area contributed by atoms with E-state index in [4.69, 9.17) is 4.74 Å². The molecule has 1 N–H and O–H groups in total. The van der Waals surface area contributed by atoms with Gasteiger partial charge in [0.25, 0.3) is 5.69 Å². The van der Waals surface area contributed by atoms with E-state index in [-0.39, 0.29) is 10.6 Å². The fourth-order valence-electron chi connectivity index (χ4n) is 1.99. The molecule has 0 bridgehead atoms. The van der Waals surface area contributed by atoms with Crippen LogP contribution in [0.1, 0.15) is 12.0 Å². The highest BCUT2D eigenvalue weighted by molar-refractivity contribution is 9.10. The van der Waals surface area contributed by atoms with Crippen molar-refractivity contribution in [1.82, 2.24) is 0 Å². The van der Waals surface area contributed by atoms with E-state index in [9.17, 15) is 10.1 Å². The summed E-state index contributed by atoms with van der Waals surface area (Å²) in [4.78, 5) is 10.5. The molecule has 0 radical (unpaired) electrons. The Morgan fingerprint density at radius 1 is 1.61 bits per heavy atom. The van der Waals surface area contributed by atoms with Gasteiger partial charge < -0.3 is 10.1 Å². The Kier molecular flexibility index (Phi) is 4.19. The fourth-order valence-corrected chi connectivity index (χ4v) is 2.59. The highest BCUT2D eigenvalue weighted by Gasteiger charge is 2.18. The first-order valence-corrected chi connectivity index (χ1v) is 6.63. The lowest BCUT2D eigenvalue weighted by Crippen LogP contribution is -2.14. The molecule has 0 aromatic heterocycles. The Morgan fingerprint density at radius 2 is 2.39 bits per heavy atom. The summed E-state index contributed by atoms with van der Waals surface area (Å²) in [5.41, 5.74) is 1.56. The molecule has 1 aliphatic rings. The summed E-state index contributed by atoms with van der Waals surface area (Å²) in [7, 11) is 0. The lowest BCUT2D eigenvalue weighted by Gasteiger charge is -2.12. The lowest BCUT2D eigenvalue weighted by atomic mass is 10.1. The minimum Gasteiger partial charge on any atom is -0.384 e. The van der Waals surface area contributed by atoms with Crippen molar-refractivity contribution in [2.45, 2.75) is 13.3 Å². The van der Waals surface area contributed by atoms with Crippen molar-refractivity contribution in [1.29, 1.82) is 0 Å². The van der Waals surface area contributed by atoms with Crippen LogP contribution in [0, 0.1) is 23.0 Å². The molecule has 0 saturated carbocycles. The van der Waals surface area contributed by atoms with Crippen LogP contribution in [0.3, 0.4) is 0 Å². The predicted octanol–water partition coefficient (Wildman–Crippen LogP) is 3.11. The molecule has 1 fully saturated rings. The summed E-state index contributed by atoms with van der Waals surface area (Å²) in [6.07, 6.45) is 1.04. The molecule has 1 atom stereocenters. The van der Waals surface area contributed by atoms with E-state index < -0.39 is 0 Å². The second kappa shape index (κ2) is 5.67. The molecule has 5 nitrogen and oxygen atoms in total. The SMILES string of the molecule is Cc1cc(Br)c(NCC2CCOC2)cc1[N+](=O)[O-]. The van der Waals surface area contributed by atoms with Crippen LogP contribution in [0.15, 0.2) is 16.6 Å². The maximum atomic E-state index is 10.9. The highest BCUT2D eigenvalue weighted by Crippen LogP contribution is 2.31. The number of hydrogen-bond acceptors (Lipinski definition) is 4. The van der Waals surface area contributed by atoms with E-state index in [1.165, 1.54) is 0 Å². The largest absolute Gasteiger partial charge is 0.384 e. The lowest BCUT2D eigenvalue weighted by molar-refractivity contribution is -0.385. The molecule has 0 aliphatic carbocycles. The first-order valence-electron chi connectivity index (χ1n) is 5.84. The van der Waals surface area contributed by atoms with Crippen molar-refractivity contribution in [3.05, 3.63) is 32.3 Å². The minimum absolute atomic E-state index is 0.142. The molecule has 1 aromatic rings. The molecule has 0 amide bonds. The number of nitro benzene ring substituents is 1. The van der Waals surface area contributed by atoms with E-state index >= 15 is 0 Å². The first kappa shape index (κ1) is 13.3. The van der Waals surface area contributed by atoms with Crippen molar-refractivity contribution in [3.8, 4) is 0 Å². The zero-order chi connectivity index (χ0) is 13.1. The number of halogens is 1. The van der Waals surface area contributed by atoms with Gasteiger partial charge in [-0.15, -0.1) is 0 Å². The summed E-state index contributed by atoms with van der Waals surface area (Å²) in [6.45, 7) is 4.08. The number of nitrogens with zero attached hydrogens (tertiary/aromatic N) is 1. The summed E-state index contributed by atoms with van der Waals surface area (Å²) in [5, 5.41) is 14.1. The van der Waals surface area contributed by atoms with E-state index in [0.717, 1.165) is 36.3 Å². The van der Waals surface area contributed by atoms with Crippen LogP contribution in [0.2, 0.25) is 0 Å². The molecular formula is C12H15BrN2O3. The van der Waals surface area contributed by atoms with Gasteiger partial charge in [-0.2, -0.15) is 0 Å². The highest BCUT2D eigenvalue weighted by atomic mass is 79.9. The van der Waals surface area contributed by atoms with Crippen LogP contribution in [0.25, 0.3) is 0 Å². The molecule has 98 valence electrons. The van der Waals surface area contributed by atoms with E-state index in [1.807, 2.05) is 0 Å². The number of nitro groups is 1. The fraction of sp³-hybridized carbons (Fsp3) is 0.500. The van der Waals surface area contributed by atoms with Gasteiger partial charge in [0.1, 0.15) is 0 Å². The Balaban J connectivity index is 2.11. The maximum absolute atomic E-state index is 10.9. The van der Waals surface area contributed by atoms with E-state index in [0.29, 0.717) is 11.5 Å². The minimum atomic E-state index is -0.356. The molecule has 1 saturated heterocycles. The summed E-state index contributed by atoms with van der Waals surface area (Å²) in [5.74, 6) is 0.484. The zero-order valence-electron chi connectivity index (χ0n) is 10.1. The van der Waals surface area contributed by atoms with Gasteiger partial charge in [-0.3, -0.25) is 10.1 Å². The van der Waals surface area contributed by atoms with Crippen molar-refractivity contribution < 1.29 is 9.66 Å². The molecule has 1 unspecified atom stereocenters. The van der Waals surface area contributed by atoms with Crippen LogP contribution in [-0.4, -0.2) is 24.7 Å². The molecular weight excluding hydrogens is 300 g/mol.